The predicted molar refractivity (Wildman–Crippen MR) is 134 cm³/mol. The number of nitrogens with zero attached hydrogens (tertiary/aromatic N) is 3. The maximum Gasteiger partial charge on any atom is 0.243 e. The largest absolute Gasteiger partial charge is 0.486 e. The molecule has 2 rings (SSSR count). The van der Waals surface area contributed by atoms with Crippen molar-refractivity contribution in [1.29, 1.82) is 0 Å². The Morgan fingerprint density at radius 3 is 2.71 bits per heavy atom. The third-order valence-corrected chi connectivity index (χ3v) is 5.36. The van der Waals surface area contributed by atoms with Crippen LogP contribution in [0.4, 0.5) is 4.39 Å². The number of aliphatic imine (C=N–C) groups is 1. The fourth-order valence-corrected chi connectivity index (χ4v) is 3.42. The van der Waals surface area contributed by atoms with E-state index in [1.54, 1.807) is 32.3 Å². The lowest BCUT2D eigenvalue weighted by molar-refractivity contribution is -0.127. The van der Waals surface area contributed by atoms with Gasteiger partial charge in [0.05, 0.1) is 6.54 Å². The van der Waals surface area contributed by atoms with Gasteiger partial charge in [0.1, 0.15) is 12.6 Å². The van der Waals surface area contributed by atoms with Gasteiger partial charge in [0.25, 0.3) is 0 Å². The summed E-state index contributed by atoms with van der Waals surface area (Å²) in [4.78, 5) is 20.4. The van der Waals surface area contributed by atoms with Crippen molar-refractivity contribution in [3.8, 4) is 5.75 Å². The van der Waals surface area contributed by atoms with Crippen molar-refractivity contribution in [1.82, 2.24) is 20.4 Å². The molecule has 1 aliphatic rings. The maximum atomic E-state index is 13.9. The van der Waals surface area contributed by atoms with Crippen LogP contribution in [0.25, 0.3) is 0 Å². The van der Waals surface area contributed by atoms with Gasteiger partial charge in [0.15, 0.2) is 17.5 Å². The molecule has 1 fully saturated rings. The second kappa shape index (κ2) is 14.4. The molecule has 31 heavy (non-hydrogen) atoms. The zero-order chi connectivity index (χ0) is 21.9. The molecule has 0 spiro atoms. The average Bonchev–Trinajstić information content (AvgIpc) is 3.20. The van der Waals surface area contributed by atoms with E-state index in [2.05, 4.69) is 27.4 Å². The van der Waals surface area contributed by atoms with Crippen molar-refractivity contribution in [2.24, 2.45) is 4.99 Å². The number of ether oxygens (including phenoxy) is 1. The summed E-state index contributed by atoms with van der Waals surface area (Å²) >= 11 is 0. The first-order valence-corrected chi connectivity index (χ1v) is 10.8. The molecule has 1 heterocycles. The molecule has 0 radical (unpaired) electrons. The Bertz CT molecular complexity index is 704. The highest BCUT2D eigenvalue weighted by Gasteiger charge is 2.23. The van der Waals surface area contributed by atoms with E-state index in [-0.39, 0.29) is 54.1 Å². The molecule has 1 saturated heterocycles. The number of para-hydroxylation sites is 1. The predicted octanol–water partition coefficient (Wildman–Crippen LogP) is 2.71. The monoisotopic (exact) mass is 549 g/mol. The molecule has 9 heteroatoms. The van der Waals surface area contributed by atoms with Gasteiger partial charge in [0.2, 0.25) is 5.91 Å². The number of benzene rings is 1. The minimum Gasteiger partial charge on any atom is -0.486 e. The van der Waals surface area contributed by atoms with E-state index in [1.807, 2.05) is 6.92 Å². The van der Waals surface area contributed by atoms with E-state index >= 15 is 0 Å². The molecule has 0 aromatic heterocycles. The third-order valence-electron chi connectivity index (χ3n) is 5.36. The van der Waals surface area contributed by atoms with Crippen molar-refractivity contribution in [3.05, 3.63) is 30.1 Å². The Hall–Kier alpha value is -1.62. The Labute approximate surface area is 202 Å². The van der Waals surface area contributed by atoms with Gasteiger partial charge in [0, 0.05) is 26.7 Å². The van der Waals surface area contributed by atoms with Crippen molar-refractivity contribution in [2.45, 2.75) is 45.3 Å². The summed E-state index contributed by atoms with van der Waals surface area (Å²) in [5.41, 5.74) is 0. The van der Waals surface area contributed by atoms with Gasteiger partial charge in [-0.15, -0.1) is 24.0 Å². The molecular formula is C22H37FIN5O2. The minimum absolute atomic E-state index is 0. The van der Waals surface area contributed by atoms with Gasteiger partial charge >= 0.3 is 0 Å². The van der Waals surface area contributed by atoms with Gasteiger partial charge in [-0.05, 0) is 44.5 Å². The lowest BCUT2D eigenvalue weighted by Crippen LogP contribution is -2.47. The van der Waals surface area contributed by atoms with Crippen molar-refractivity contribution >= 4 is 35.8 Å². The summed E-state index contributed by atoms with van der Waals surface area (Å²) in [5, 5.41) is 6.64. The molecule has 7 nitrogen and oxygen atoms in total. The van der Waals surface area contributed by atoms with Gasteiger partial charge < -0.3 is 20.3 Å². The quantitative estimate of drug-likeness (QED) is 0.267. The first kappa shape index (κ1) is 27.4. The van der Waals surface area contributed by atoms with E-state index in [1.165, 1.54) is 17.4 Å². The van der Waals surface area contributed by atoms with Gasteiger partial charge in [-0.1, -0.05) is 26.0 Å². The number of carbonyl (C=O) groups is 1. The fraction of sp³-hybridized carbons (Fsp3) is 0.636. The highest BCUT2D eigenvalue weighted by Crippen LogP contribution is 2.18. The fourth-order valence-electron chi connectivity index (χ4n) is 3.42. The standard InChI is InChI=1S/C22H36FN5O2.HI/c1-5-18(30-20-12-8-7-11-19(20)23)15-25-22(26-16-21(29)27(3)4)24-14-17-10-9-13-28(17)6-2;/h7-8,11-12,17-18H,5-6,9-10,13-16H2,1-4H3,(H2,24,25,26);1H. The molecule has 2 unspecified atom stereocenters. The van der Waals surface area contributed by atoms with Crippen LogP contribution in [0.15, 0.2) is 29.3 Å². The number of nitrogens with one attached hydrogen (secondary N) is 2. The summed E-state index contributed by atoms with van der Waals surface area (Å²) in [6, 6.07) is 6.86. The van der Waals surface area contributed by atoms with Crippen LogP contribution in [-0.2, 0) is 4.79 Å². The van der Waals surface area contributed by atoms with Crippen LogP contribution in [-0.4, -0.2) is 80.6 Å². The lowest BCUT2D eigenvalue weighted by Gasteiger charge is -2.25. The van der Waals surface area contributed by atoms with Crippen molar-refractivity contribution < 1.29 is 13.9 Å². The lowest BCUT2D eigenvalue weighted by atomic mass is 10.2. The van der Waals surface area contributed by atoms with Crippen LogP contribution in [0.2, 0.25) is 0 Å². The summed E-state index contributed by atoms with van der Waals surface area (Å²) < 4.78 is 19.7. The third kappa shape index (κ3) is 9.18. The number of amides is 1. The van der Waals surface area contributed by atoms with Crippen LogP contribution < -0.4 is 15.4 Å². The molecule has 1 aromatic rings. The second-order valence-corrected chi connectivity index (χ2v) is 7.72. The second-order valence-electron chi connectivity index (χ2n) is 7.72. The van der Waals surface area contributed by atoms with E-state index in [4.69, 9.17) is 4.74 Å². The van der Waals surface area contributed by atoms with Gasteiger partial charge in [-0.2, -0.15) is 0 Å². The first-order chi connectivity index (χ1) is 14.4. The Morgan fingerprint density at radius 1 is 1.32 bits per heavy atom. The Kier molecular flexibility index (Phi) is 12.8. The number of carbonyl (C=O) groups excluding carboxylic acids is 1. The van der Waals surface area contributed by atoms with E-state index in [0.717, 1.165) is 26.1 Å². The number of rotatable bonds is 10. The smallest absolute Gasteiger partial charge is 0.243 e. The Balaban J connectivity index is 0.00000480. The number of likely N-dealkylation sites (N-methyl/N-ethyl adjacent to an activating group) is 2. The molecule has 1 amide bonds. The van der Waals surface area contributed by atoms with Crippen LogP contribution in [0.3, 0.4) is 0 Å². The minimum atomic E-state index is -0.375. The van der Waals surface area contributed by atoms with Gasteiger partial charge in [-0.25, -0.2) is 9.38 Å². The molecule has 0 saturated carbocycles. The van der Waals surface area contributed by atoms with E-state index in [0.29, 0.717) is 25.0 Å². The van der Waals surface area contributed by atoms with Crippen molar-refractivity contribution in [3.63, 3.8) is 0 Å². The normalized spacial score (nSPS) is 17.6. The number of halogens is 2. The molecule has 2 N–H and O–H groups in total. The SMILES string of the molecule is CCC(CNC(=NCC(=O)N(C)C)NCC1CCCN1CC)Oc1ccccc1F.I. The zero-order valence-electron chi connectivity index (χ0n) is 19.1. The number of hydrogen-bond acceptors (Lipinski definition) is 4. The molecule has 1 aromatic carbocycles. The number of guanidine groups is 1. The molecule has 0 aliphatic carbocycles. The van der Waals surface area contributed by atoms with Crippen LogP contribution in [0.5, 0.6) is 5.75 Å². The Morgan fingerprint density at radius 2 is 2.06 bits per heavy atom. The summed E-state index contributed by atoms with van der Waals surface area (Å²) in [6.45, 7) is 7.60. The summed E-state index contributed by atoms with van der Waals surface area (Å²) in [6.07, 6.45) is 2.83. The summed E-state index contributed by atoms with van der Waals surface area (Å²) in [5.74, 6) is 0.371. The van der Waals surface area contributed by atoms with Crippen molar-refractivity contribution in [2.75, 3.05) is 46.8 Å². The molecule has 176 valence electrons. The first-order valence-electron chi connectivity index (χ1n) is 10.8. The topological polar surface area (TPSA) is 69.2 Å². The van der Waals surface area contributed by atoms with Crippen LogP contribution in [0, 0.1) is 5.82 Å². The summed E-state index contributed by atoms with van der Waals surface area (Å²) in [7, 11) is 3.43. The van der Waals surface area contributed by atoms with Crippen LogP contribution in [0.1, 0.15) is 33.1 Å². The molecular weight excluding hydrogens is 512 g/mol. The number of likely N-dealkylation sites (tertiary alicyclic amines) is 1. The number of hydrogen-bond donors (Lipinski definition) is 2. The molecule has 0 bridgehead atoms. The zero-order valence-corrected chi connectivity index (χ0v) is 21.4. The molecule has 2 atom stereocenters. The average molecular weight is 549 g/mol. The van der Waals surface area contributed by atoms with E-state index in [9.17, 15) is 9.18 Å². The highest BCUT2D eigenvalue weighted by atomic mass is 127. The molecule has 1 aliphatic heterocycles. The van der Waals surface area contributed by atoms with Crippen LogP contribution >= 0.6 is 24.0 Å². The maximum absolute atomic E-state index is 13.9. The van der Waals surface area contributed by atoms with Gasteiger partial charge in [-0.3, -0.25) is 9.69 Å². The van der Waals surface area contributed by atoms with E-state index < -0.39 is 0 Å². The highest BCUT2D eigenvalue weighted by molar-refractivity contribution is 14.0.